The predicted octanol–water partition coefficient (Wildman–Crippen LogP) is 1.69. The number of fused-ring (bicyclic) bond motifs is 1. The van der Waals surface area contributed by atoms with Crippen LogP contribution in [-0.2, 0) is 22.5 Å². The molecule has 2 aromatic rings. The maximum atomic E-state index is 11.8. The molecule has 1 aliphatic heterocycles. The Hall–Kier alpha value is -2.83. The molecule has 2 N–H and O–H groups in total. The molecule has 120 valence electrons. The number of hydrogen-bond acceptors (Lipinski definition) is 5. The van der Waals surface area contributed by atoms with Crippen LogP contribution in [0.15, 0.2) is 24.3 Å². The summed E-state index contributed by atoms with van der Waals surface area (Å²) >= 11 is 0. The van der Waals surface area contributed by atoms with Crippen molar-refractivity contribution in [2.45, 2.75) is 19.4 Å². The van der Waals surface area contributed by atoms with Crippen LogP contribution in [0, 0.1) is 5.92 Å². The van der Waals surface area contributed by atoms with Crippen molar-refractivity contribution in [3.63, 3.8) is 0 Å². The van der Waals surface area contributed by atoms with Crippen LogP contribution in [0.4, 0.5) is 0 Å². The predicted molar refractivity (Wildman–Crippen MR) is 80.1 cm³/mol. The van der Waals surface area contributed by atoms with Crippen LogP contribution < -0.4 is 0 Å². The van der Waals surface area contributed by atoms with Crippen molar-refractivity contribution in [2.24, 2.45) is 5.92 Å². The lowest BCUT2D eigenvalue weighted by Gasteiger charge is -2.24. The van der Waals surface area contributed by atoms with Gasteiger partial charge in [0.25, 0.3) is 0 Å². The van der Waals surface area contributed by atoms with Gasteiger partial charge >= 0.3 is 11.9 Å². The number of rotatable bonds is 3. The van der Waals surface area contributed by atoms with Crippen molar-refractivity contribution >= 4 is 11.9 Å². The molecule has 1 aromatic carbocycles. The zero-order valence-corrected chi connectivity index (χ0v) is 12.5. The zero-order valence-electron chi connectivity index (χ0n) is 12.5. The number of aromatic hydroxyl groups is 1. The van der Waals surface area contributed by atoms with Crippen LogP contribution in [0.25, 0.3) is 11.4 Å². The second-order valence-electron chi connectivity index (χ2n) is 5.46. The number of carboxylic acid groups (broad SMARTS) is 1. The number of aromatic carboxylic acids is 1. The zero-order chi connectivity index (χ0) is 16.6. The first kappa shape index (κ1) is 15.1. The number of esters is 1. The van der Waals surface area contributed by atoms with Crippen LogP contribution in [0.5, 0.6) is 5.75 Å². The summed E-state index contributed by atoms with van der Waals surface area (Å²) in [5, 5.41) is 19.0. The van der Waals surface area contributed by atoms with Crippen molar-refractivity contribution in [2.75, 3.05) is 7.11 Å². The van der Waals surface area contributed by atoms with Gasteiger partial charge in [0.05, 0.1) is 18.7 Å². The highest BCUT2D eigenvalue weighted by atomic mass is 16.5. The molecule has 7 nitrogen and oxygen atoms in total. The van der Waals surface area contributed by atoms with Crippen molar-refractivity contribution in [3.05, 3.63) is 35.7 Å². The molecule has 1 unspecified atom stereocenters. The van der Waals surface area contributed by atoms with Gasteiger partial charge in [-0.25, -0.2) is 9.78 Å². The fourth-order valence-corrected chi connectivity index (χ4v) is 2.95. The summed E-state index contributed by atoms with van der Waals surface area (Å²) in [5.41, 5.74) is 1.19. The number of carboxylic acids is 1. The van der Waals surface area contributed by atoms with Crippen LogP contribution in [0.3, 0.4) is 0 Å². The van der Waals surface area contributed by atoms with E-state index in [1.54, 1.807) is 16.7 Å². The normalized spacial score (nSPS) is 16.7. The first-order chi connectivity index (χ1) is 11.0. The Labute approximate surface area is 132 Å². The summed E-state index contributed by atoms with van der Waals surface area (Å²) in [4.78, 5) is 27.5. The van der Waals surface area contributed by atoms with Gasteiger partial charge < -0.3 is 19.5 Å². The van der Waals surface area contributed by atoms with Gasteiger partial charge in [0, 0.05) is 12.1 Å². The molecule has 0 saturated heterocycles. The van der Waals surface area contributed by atoms with Crippen molar-refractivity contribution in [3.8, 4) is 17.1 Å². The Morgan fingerprint density at radius 3 is 2.83 bits per heavy atom. The summed E-state index contributed by atoms with van der Waals surface area (Å²) in [6.45, 7) is 0.313. The quantitative estimate of drug-likeness (QED) is 0.836. The molecule has 1 atom stereocenters. The topological polar surface area (TPSA) is 102 Å². The molecule has 7 heteroatoms. The van der Waals surface area contributed by atoms with E-state index >= 15 is 0 Å². The minimum atomic E-state index is -1.10. The molecule has 0 bridgehead atoms. The smallest absolute Gasteiger partial charge is 0.356 e. The van der Waals surface area contributed by atoms with Crippen LogP contribution in [0.1, 0.15) is 22.6 Å². The third kappa shape index (κ3) is 2.65. The van der Waals surface area contributed by atoms with E-state index in [1.165, 1.54) is 19.2 Å². The number of nitrogens with zero attached hydrogens (tertiary/aromatic N) is 2. The Morgan fingerprint density at radius 2 is 2.17 bits per heavy atom. The fraction of sp³-hybridized carbons (Fsp3) is 0.312. The summed E-state index contributed by atoms with van der Waals surface area (Å²) in [6, 6.07) is 6.44. The maximum absolute atomic E-state index is 11.8. The molecule has 0 saturated carbocycles. The molecule has 2 heterocycles. The molecule has 0 fully saturated rings. The van der Waals surface area contributed by atoms with E-state index in [9.17, 15) is 19.8 Å². The number of aromatic nitrogens is 2. The first-order valence-corrected chi connectivity index (χ1v) is 7.21. The fourth-order valence-electron chi connectivity index (χ4n) is 2.95. The Kier molecular flexibility index (Phi) is 3.77. The van der Waals surface area contributed by atoms with Gasteiger partial charge in [-0.2, -0.15) is 0 Å². The van der Waals surface area contributed by atoms with Crippen molar-refractivity contribution in [1.29, 1.82) is 0 Å². The van der Waals surface area contributed by atoms with E-state index in [0.717, 1.165) is 0 Å². The summed E-state index contributed by atoms with van der Waals surface area (Å²) in [5.74, 6) is -1.25. The number of hydrogen-bond donors (Lipinski definition) is 2. The van der Waals surface area contributed by atoms with Crippen LogP contribution >= 0.6 is 0 Å². The summed E-state index contributed by atoms with van der Waals surface area (Å²) in [7, 11) is 1.34. The minimum absolute atomic E-state index is 0.00772. The van der Waals surface area contributed by atoms with Crippen molar-refractivity contribution < 1.29 is 24.5 Å². The lowest BCUT2D eigenvalue weighted by Crippen LogP contribution is -2.28. The summed E-state index contributed by atoms with van der Waals surface area (Å²) in [6.07, 6.45) is 0.964. The number of imidazole rings is 1. The molecule has 3 rings (SSSR count). The number of ether oxygens (including phenoxy) is 1. The third-order valence-corrected chi connectivity index (χ3v) is 4.05. The van der Waals surface area contributed by atoms with E-state index in [4.69, 9.17) is 4.74 Å². The van der Waals surface area contributed by atoms with Crippen LogP contribution in [0.2, 0.25) is 0 Å². The first-order valence-electron chi connectivity index (χ1n) is 7.21. The maximum Gasteiger partial charge on any atom is 0.356 e. The SMILES string of the molecule is COC(=O)C1CCc2c(C(=O)O)nc(-c3cccc(O)c3)n2C1. The minimum Gasteiger partial charge on any atom is -0.508 e. The number of carbonyl (C=O) groups excluding carboxylic acids is 1. The van der Waals surface area contributed by atoms with Crippen LogP contribution in [-0.4, -0.2) is 38.8 Å². The van der Waals surface area contributed by atoms with Gasteiger partial charge in [-0.1, -0.05) is 12.1 Å². The second-order valence-corrected chi connectivity index (χ2v) is 5.46. The van der Waals surface area contributed by atoms with Gasteiger partial charge in [0.2, 0.25) is 0 Å². The summed E-state index contributed by atoms with van der Waals surface area (Å²) < 4.78 is 6.53. The molecule has 0 radical (unpaired) electrons. The Bertz CT molecular complexity index is 781. The van der Waals surface area contributed by atoms with E-state index in [1.807, 2.05) is 0 Å². The number of benzene rings is 1. The standard InChI is InChI=1S/C16H16N2O5/c1-23-16(22)10-5-6-12-13(15(20)21)17-14(18(12)8-10)9-3-2-4-11(19)7-9/h2-4,7,10,19H,5-6,8H2,1H3,(H,20,21). The monoisotopic (exact) mass is 316 g/mol. The van der Waals surface area contributed by atoms with Gasteiger partial charge in [-0.05, 0) is 25.0 Å². The second kappa shape index (κ2) is 5.75. The average Bonchev–Trinajstić information content (AvgIpc) is 2.93. The highest BCUT2D eigenvalue weighted by molar-refractivity contribution is 5.88. The van der Waals surface area contributed by atoms with Gasteiger partial charge in [0.1, 0.15) is 11.6 Å². The molecule has 0 amide bonds. The largest absolute Gasteiger partial charge is 0.508 e. The Balaban J connectivity index is 2.11. The third-order valence-electron chi connectivity index (χ3n) is 4.05. The van der Waals surface area contributed by atoms with Gasteiger partial charge in [-0.3, -0.25) is 4.79 Å². The highest BCUT2D eigenvalue weighted by Crippen LogP contribution is 2.31. The average molecular weight is 316 g/mol. The molecule has 23 heavy (non-hydrogen) atoms. The molecule has 0 spiro atoms. The lowest BCUT2D eigenvalue weighted by molar-refractivity contribution is -0.146. The van der Waals surface area contributed by atoms with E-state index in [0.29, 0.717) is 36.5 Å². The van der Waals surface area contributed by atoms with E-state index < -0.39 is 5.97 Å². The number of phenols is 1. The van der Waals surface area contributed by atoms with E-state index in [2.05, 4.69) is 4.98 Å². The highest BCUT2D eigenvalue weighted by Gasteiger charge is 2.32. The molecular formula is C16H16N2O5. The molecule has 1 aliphatic rings. The van der Waals surface area contributed by atoms with Crippen molar-refractivity contribution in [1.82, 2.24) is 9.55 Å². The molecule has 0 aliphatic carbocycles. The Morgan fingerprint density at radius 1 is 1.39 bits per heavy atom. The number of phenolic OH excluding ortho intramolecular Hbond substituents is 1. The van der Waals surface area contributed by atoms with E-state index in [-0.39, 0.29) is 23.3 Å². The van der Waals surface area contributed by atoms with Gasteiger partial charge in [0.15, 0.2) is 5.69 Å². The number of carbonyl (C=O) groups is 2. The molecule has 1 aromatic heterocycles. The van der Waals surface area contributed by atoms with Gasteiger partial charge in [-0.15, -0.1) is 0 Å². The lowest BCUT2D eigenvalue weighted by atomic mass is 9.97. The number of methoxy groups -OCH3 is 1. The molecular weight excluding hydrogens is 300 g/mol.